The van der Waals surface area contributed by atoms with Gasteiger partial charge in [0.25, 0.3) is 0 Å². The van der Waals surface area contributed by atoms with Gasteiger partial charge in [0.2, 0.25) is 0 Å². The van der Waals surface area contributed by atoms with Crippen LogP contribution in [0.2, 0.25) is 0 Å². The van der Waals surface area contributed by atoms with Crippen molar-refractivity contribution in [2.75, 3.05) is 22.6 Å². The monoisotopic (exact) mass is 244 g/mol. The summed E-state index contributed by atoms with van der Waals surface area (Å²) in [6.07, 6.45) is 2.00. The predicted octanol–water partition coefficient (Wildman–Crippen LogP) is 2.85. The molecule has 3 N–H and O–H groups in total. The second kappa shape index (κ2) is 4.91. The number of anilines is 2. The Balaban J connectivity index is 2.13. The van der Waals surface area contributed by atoms with Crippen molar-refractivity contribution >= 4 is 23.1 Å². The molecule has 0 amide bonds. The third-order valence-corrected chi connectivity index (χ3v) is 3.72. The topological polar surface area (TPSA) is 38.0 Å². The molecule has 0 bridgehead atoms. The number of hydrogen-bond acceptors (Lipinski definition) is 3. The molecule has 2 rings (SSSR count). The third-order valence-electron chi connectivity index (χ3n) is 2.68. The maximum Gasteiger partial charge on any atom is 0.151 e. The molecule has 0 spiro atoms. The highest BCUT2D eigenvalue weighted by atomic mass is 32.2. The number of hydrogen-bond donors (Lipinski definition) is 2. The largest absolute Gasteiger partial charge is 0.395 e. The number of benzene rings is 1. The minimum absolute atomic E-state index is 0.000346. The smallest absolute Gasteiger partial charge is 0.151 e. The second-order valence-electron chi connectivity index (χ2n) is 3.88. The first kappa shape index (κ1) is 11.5. The van der Waals surface area contributed by atoms with Crippen LogP contribution in [-0.2, 0) is 0 Å². The number of halogens is 2. The van der Waals surface area contributed by atoms with E-state index in [4.69, 9.17) is 5.73 Å². The number of rotatable bonds is 2. The van der Waals surface area contributed by atoms with Crippen molar-refractivity contribution in [1.29, 1.82) is 0 Å². The van der Waals surface area contributed by atoms with E-state index in [1.165, 1.54) is 6.07 Å². The van der Waals surface area contributed by atoms with E-state index in [-0.39, 0.29) is 11.7 Å². The summed E-state index contributed by atoms with van der Waals surface area (Å²) in [4.78, 5) is 0. The SMILES string of the molecule is Nc1c(F)cc(F)cc1NC1CCSCC1. The van der Waals surface area contributed by atoms with Crippen molar-refractivity contribution in [3.05, 3.63) is 23.8 Å². The fourth-order valence-electron chi connectivity index (χ4n) is 1.77. The molecule has 0 radical (unpaired) electrons. The van der Waals surface area contributed by atoms with Crippen molar-refractivity contribution < 1.29 is 8.78 Å². The van der Waals surface area contributed by atoms with Gasteiger partial charge in [-0.2, -0.15) is 11.8 Å². The summed E-state index contributed by atoms with van der Waals surface area (Å²) in [7, 11) is 0. The standard InChI is InChI=1S/C11H14F2N2S/c12-7-5-9(13)11(14)10(6-7)15-8-1-3-16-4-2-8/h5-6,8,15H,1-4,14H2. The lowest BCUT2D eigenvalue weighted by Gasteiger charge is -2.24. The Morgan fingerprint density at radius 1 is 1.25 bits per heavy atom. The van der Waals surface area contributed by atoms with E-state index in [1.54, 1.807) is 0 Å². The zero-order valence-corrected chi connectivity index (χ0v) is 9.62. The summed E-state index contributed by atoms with van der Waals surface area (Å²) >= 11 is 1.90. The molecule has 1 aliphatic heterocycles. The van der Waals surface area contributed by atoms with Gasteiger partial charge in [-0.1, -0.05) is 0 Å². The van der Waals surface area contributed by atoms with Gasteiger partial charge in [-0.15, -0.1) is 0 Å². The van der Waals surface area contributed by atoms with Gasteiger partial charge >= 0.3 is 0 Å². The molecule has 2 nitrogen and oxygen atoms in total. The average molecular weight is 244 g/mol. The molecule has 0 atom stereocenters. The highest BCUT2D eigenvalue weighted by Gasteiger charge is 2.16. The van der Waals surface area contributed by atoms with Crippen molar-refractivity contribution in [2.45, 2.75) is 18.9 Å². The lowest BCUT2D eigenvalue weighted by molar-refractivity contribution is 0.585. The molecule has 88 valence electrons. The molecule has 1 fully saturated rings. The van der Waals surface area contributed by atoms with Crippen LogP contribution in [0.3, 0.4) is 0 Å². The molecular weight excluding hydrogens is 230 g/mol. The number of nitrogens with two attached hydrogens (primary N) is 1. The van der Waals surface area contributed by atoms with Gasteiger partial charge in [0.15, 0.2) is 5.82 Å². The molecule has 0 aliphatic carbocycles. The van der Waals surface area contributed by atoms with Gasteiger partial charge in [0.05, 0.1) is 11.4 Å². The zero-order chi connectivity index (χ0) is 11.5. The Bertz CT molecular complexity index is 378. The highest BCUT2D eigenvalue weighted by Crippen LogP contribution is 2.27. The number of thioether (sulfide) groups is 1. The van der Waals surface area contributed by atoms with Crippen LogP contribution in [0, 0.1) is 11.6 Å². The molecule has 1 aromatic rings. The third kappa shape index (κ3) is 2.58. The van der Waals surface area contributed by atoms with Crippen LogP contribution in [0.25, 0.3) is 0 Å². The fraction of sp³-hybridized carbons (Fsp3) is 0.455. The van der Waals surface area contributed by atoms with Crippen LogP contribution < -0.4 is 11.1 Å². The van der Waals surface area contributed by atoms with E-state index in [2.05, 4.69) is 5.32 Å². The lowest BCUT2D eigenvalue weighted by Crippen LogP contribution is -2.25. The molecule has 0 unspecified atom stereocenters. The van der Waals surface area contributed by atoms with E-state index in [0.717, 1.165) is 30.4 Å². The zero-order valence-electron chi connectivity index (χ0n) is 8.80. The maximum atomic E-state index is 13.2. The summed E-state index contributed by atoms with van der Waals surface area (Å²) in [6.45, 7) is 0. The summed E-state index contributed by atoms with van der Waals surface area (Å²) < 4.78 is 26.2. The quantitative estimate of drug-likeness (QED) is 0.786. The summed E-state index contributed by atoms with van der Waals surface area (Å²) in [5.41, 5.74) is 5.93. The van der Waals surface area contributed by atoms with Gasteiger partial charge in [-0.25, -0.2) is 8.78 Å². The van der Waals surface area contributed by atoms with Crippen molar-refractivity contribution in [3.63, 3.8) is 0 Å². The Labute approximate surface area is 97.6 Å². The molecule has 1 saturated heterocycles. The molecule has 1 aliphatic rings. The van der Waals surface area contributed by atoms with Crippen LogP contribution in [0.5, 0.6) is 0 Å². The van der Waals surface area contributed by atoms with Crippen LogP contribution >= 0.6 is 11.8 Å². The normalized spacial score (nSPS) is 17.4. The Kier molecular flexibility index (Phi) is 3.53. The van der Waals surface area contributed by atoms with Gasteiger partial charge < -0.3 is 11.1 Å². The van der Waals surface area contributed by atoms with Crippen LogP contribution in [-0.4, -0.2) is 17.5 Å². The van der Waals surface area contributed by atoms with Crippen molar-refractivity contribution in [1.82, 2.24) is 0 Å². The Morgan fingerprint density at radius 3 is 2.62 bits per heavy atom. The average Bonchev–Trinajstić information content (AvgIpc) is 2.27. The van der Waals surface area contributed by atoms with E-state index in [9.17, 15) is 8.78 Å². The second-order valence-corrected chi connectivity index (χ2v) is 5.10. The van der Waals surface area contributed by atoms with Gasteiger partial charge in [0, 0.05) is 12.1 Å². The lowest BCUT2D eigenvalue weighted by atomic mass is 10.1. The van der Waals surface area contributed by atoms with E-state index in [0.29, 0.717) is 5.69 Å². The molecule has 5 heteroatoms. The van der Waals surface area contributed by atoms with Crippen molar-refractivity contribution in [3.8, 4) is 0 Å². The van der Waals surface area contributed by atoms with E-state index >= 15 is 0 Å². The van der Waals surface area contributed by atoms with E-state index in [1.807, 2.05) is 11.8 Å². The first-order chi connectivity index (χ1) is 7.66. The van der Waals surface area contributed by atoms with Gasteiger partial charge in [0.1, 0.15) is 5.82 Å². The first-order valence-electron chi connectivity index (χ1n) is 5.25. The molecule has 0 saturated carbocycles. The first-order valence-corrected chi connectivity index (χ1v) is 6.41. The summed E-state index contributed by atoms with van der Waals surface area (Å²) in [6, 6.07) is 2.32. The molecule has 1 aromatic carbocycles. The summed E-state index contributed by atoms with van der Waals surface area (Å²) in [5.74, 6) is 0.858. The fourth-order valence-corrected chi connectivity index (χ4v) is 2.87. The van der Waals surface area contributed by atoms with Crippen LogP contribution in [0.1, 0.15) is 12.8 Å². The number of nitrogens with one attached hydrogen (secondary N) is 1. The number of nitrogen functional groups attached to an aromatic ring is 1. The summed E-state index contributed by atoms with van der Waals surface area (Å²) in [5, 5.41) is 3.11. The van der Waals surface area contributed by atoms with E-state index < -0.39 is 11.6 Å². The minimum atomic E-state index is -0.701. The van der Waals surface area contributed by atoms with Gasteiger partial charge in [-0.3, -0.25) is 0 Å². The van der Waals surface area contributed by atoms with Crippen LogP contribution in [0.15, 0.2) is 12.1 Å². The Hall–Kier alpha value is -0.970. The Morgan fingerprint density at radius 2 is 1.94 bits per heavy atom. The van der Waals surface area contributed by atoms with Gasteiger partial charge in [-0.05, 0) is 30.4 Å². The molecule has 1 heterocycles. The van der Waals surface area contributed by atoms with Crippen molar-refractivity contribution in [2.24, 2.45) is 0 Å². The van der Waals surface area contributed by atoms with Crippen LogP contribution in [0.4, 0.5) is 20.2 Å². The predicted molar refractivity (Wildman–Crippen MR) is 64.7 cm³/mol. The minimum Gasteiger partial charge on any atom is -0.395 e. The molecular formula is C11H14F2N2S. The molecule has 16 heavy (non-hydrogen) atoms. The molecule has 0 aromatic heterocycles. The highest BCUT2D eigenvalue weighted by molar-refractivity contribution is 7.99. The maximum absolute atomic E-state index is 13.2.